The number of nitrogens with one attached hydrogen (secondary N) is 1. The standard InChI is InChI=1S/C20H16N4OS2/c1-9-10(8-21)19(22)24-17-16-15(13-6-3-7-26-13)14-11(4-2-5-12(14)25)23-20(16)27-18(9)17/h3,6-7,15,23H,2,4-5H2,1H3,(H2,22,24)/t15-/m0/s1. The van der Waals surface area contributed by atoms with Crippen molar-refractivity contribution in [3.63, 3.8) is 0 Å². The first kappa shape index (κ1) is 16.5. The maximum atomic E-state index is 12.9. The number of carbonyl (C=O) groups excluding carboxylic acids is 1. The lowest BCUT2D eigenvalue weighted by Gasteiger charge is -2.31. The Kier molecular flexibility index (Phi) is 3.61. The third-order valence-corrected chi connectivity index (χ3v) is 7.53. The van der Waals surface area contributed by atoms with Gasteiger partial charge in [-0.25, -0.2) is 4.98 Å². The van der Waals surface area contributed by atoms with Crippen LogP contribution in [0.15, 0.2) is 28.8 Å². The van der Waals surface area contributed by atoms with E-state index in [0.29, 0.717) is 12.0 Å². The van der Waals surface area contributed by atoms with Gasteiger partial charge in [0, 0.05) is 28.1 Å². The zero-order chi connectivity index (χ0) is 18.7. The summed E-state index contributed by atoms with van der Waals surface area (Å²) in [5.41, 5.74) is 11.1. The number of thiophene rings is 2. The number of hydrogen-bond acceptors (Lipinski definition) is 7. The van der Waals surface area contributed by atoms with Crippen LogP contribution in [-0.2, 0) is 4.79 Å². The Morgan fingerprint density at radius 3 is 3.00 bits per heavy atom. The second kappa shape index (κ2) is 5.91. The largest absolute Gasteiger partial charge is 0.383 e. The molecule has 1 atom stereocenters. The van der Waals surface area contributed by atoms with Crippen LogP contribution in [0, 0.1) is 18.3 Å². The van der Waals surface area contributed by atoms with E-state index in [1.807, 2.05) is 18.4 Å². The lowest BCUT2D eigenvalue weighted by molar-refractivity contribution is -0.116. The molecule has 7 heteroatoms. The van der Waals surface area contributed by atoms with Gasteiger partial charge >= 0.3 is 0 Å². The van der Waals surface area contributed by atoms with Gasteiger partial charge in [0.2, 0.25) is 0 Å². The average molecular weight is 393 g/mol. The van der Waals surface area contributed by atoms with Crippen LogP contribution in [0.4, 0.5) is 10.8 Å². The number of rotatable bonds is 1. The molecule has 5 nitrogen and oxygen atoms in total. The van der Waals surface area contributed by atoms with Gasteiger partial charge in [-0.3, -0.25) is 4.79 Å². The van der Waals surface area contributed by atoms with Gasteiger partial charge in [0.25, 0.3) is 0 Å². The summed E-state index contributed by atoms with van der Waals surface area (Å²) in [6.07, 6.45) is 2.35. The molecule has 3 aromatic heterocycles. The molecule has 0 saturated heterocycles. The summed E-state index contributed by atoms with van der Waals surface area (Å²) in [4.78, 5) is 18.6. The molecule has 4 heterocycles. The zero-order valence-electron chi connectivity index (χ0n) is 14.6. The van der Waals surface area contributed by atoms with Gasteiger partial charge in [0.15, 0.2) is 5.78 Å². The van der Waals surface area contributed by atoms with E-state index in [0.717, 1.165) is 55.3 Å². The number of nitrogens with zero attached hydrogens (tertiary/aromatic N) is 2. The summed E-state index contributed by atoms with van der Waals surface area (Å²) in [6, 6.07) is 6.27. The normalized spacial score (nSPS) is 18.8. The number of anilines is 2. The number of allylic oxidation sites excluding steroid dienone is 2. The van der Waals surface area contributed by atoms with Crippen molar-refractivity contribution in [3.8, 4) is 6.07 Å². The molecule has 3 N–H and O–H groups in total. The fourth-order valence-corrected chi connectivity index (χ4v) is 6.19. The quantitative estimate of drug-likeness (QED) is 0.627. The molecule has 27 heavy (non-hydrogen) atoms. The smallest absolute Gasteiger partial charge is 0.161 e. The molecule has 5 rings (SSSR count). The highest BCUT2D eigenvalue weighted by Crippen LogP contribution is 2.52. The Bertz CT molecular complexity index is 1180. The molecular formula is C20H16N4OS2. The van der Waals surface area contributed by atoms with Crippen molar-refractivity contribution in [3.05, 3.63) is 50.4 Å². The molecule has 0 radical (unpaired) electrons. The van der Waals surface area contributed by atoms with Crippen molar-refractivity contribution in [2.24, 2.45) is 0 Å². The van der Waals surface area contributed by atoms with Crippen LogP contribution in [0.5, 0.6) is 0 Å². The van der Waals surface area contributed by atoms with Crippen molar-refractivity contribution in [1.29, 1.82) is 5.26 Å². The van der Waals surface area contributed by atoms with Crippen LogP contribution >= 0.6 is 22.7 Å². The molecule has 0 bridgehead atoms. The van der Waals surface area contributed by atoms with E-state index in [4.69, 9.17) is 5.73 Å². The highest BCUT2D eigenvalue weighted by Gasteiger charge is 2.38. The Hall–Kier alpha value is -2.69. The second-order valence-corrected chi connectivity index (χ2v) is 8.87. The van der Waals surface area contributed by atoms with Crippen LogP contribution in [0.25, 0.3) is 10.2 Å². The van der Waals surface area contributed by atoms with Gasteiger partial charge in [0.05, 0.1) is 26.7 Å². The first-order valence-electron chi connectivity index (χ1n) is 8.79. The van der Waals surface area contributed by atoms with Crippen LogP contribution in [0.1, 0.15) is 46.7 Å². The van der Waals surface area contributed by atoms with E-state index < -0.39 is 0 Å². The van der Waals surface area contributed by atoms with E-state index >= 15 is 0 Å². The first-order valence-corrected chi connectivity index (χ1v) is 10.5. The summed E-state index contributed by atoms with van der Waals surface area (Å²) in [7, 11) is 0. The number of ketones is 1. The highest BCUT2D eigenvalue weighted by molar-refractivity contribution is 7.23. The van der Waals surface area contributed by atoms with Crippen LogP contribution < -0.4 is 11.1 Å². The fraction of sp³-hybridized carbons (Fsp3) is 0.250. The molecule has 0 fully saturated rings. The molecule has 0 unspecified atom stereocenters. The molecule has 1 aliphatic carbocycles. The predicted octanol–water partition coefficient (Wildman–Crippen LogP) is 4.68. The van der Waals surface area contributed by atoms with Gasteiger partial charge in [-0.1, -0.05) is 6.07 Å². The number of carbonyl (C=O) groups is 1. The minimum atomic E-state index is -0.114. The Labute approximate surface area is 164 Å². The Balaban J connectivity index is 1.85. The summed E-state index contributed by atoms with van der Waals surface area (Å²) in [6.45, 7) is 1.92. The minimum Gasteiger partial charge on any atom is -0.383 e. The van der Waals surface area contributed by atoms with Crippen LogP contribution in [-0.4, -0.2) is 10.8 Å². The van der Waals surface area contributed by atoms with Gasteiger partial charge < -0.3 is 11.1 Å². The molecule has 0 amide bonds. The number of pyridine rings is 1. The molecule has 1 aliphatic heterocycles. The Morgan fingerprint density at radius 2 is 2.26 bits per heavy atom. The van der Waals surface area contributed by atoms with E-state index in [1.165, 1.54) is 0 Å². The molecule has 3 aromatic rings. The fourth-order valence-electron chi connectivity index (χ4n) is 4.13. The van der Waals surface area contributed by atoms with Gasteiger partial charge in [-0.2, -0.15) is 5.26 Å². The number of hydrogen-bond donors (Lipinski definition) is 2. The number of nitrogens with two attached hydrogens (primary N) is 1. The Morgan fingerprint density at radius 1 is 1.41 bits per heavy atom. The summed E-state index contributed by atoms with van der Waals surface area (Å²) in [5, 5.41) is 16.0. The lowest BCUT2D eigenvalue weighted by atomic mass is 9.79. The van der Waals surface area contributed by atoms with Gasteiger partial charge in [-0.05, 0) is 36.8 Å². The molecule has 0 saturated carbocycles. The van der Waals surface area contributed by atoms with Crippen molar-refractivity contribution in [2.45, 2.75) is 32.1 Å². The van der Waals surface area contributed by atoms with Gasteiger partial charge in [0.1, 0.15) is 11.9 Å². The van der Waals surface area contributed by atoms with E-state index in [-0.39, 0.29) is 17.5 Å². The number of nitrogen functional groups attached to an aromatic ring is 1. The SMILES string of the molecule is Cc1c(C#N)c(N)nc2c3c(sc12)NC1=C(C(=O)CCC1)[C@@H]3c1cccs1. The van der Waals surface area contributed by atoms with Crippen LogP contribution in [0.2, 0.25) is 0 Å². The van der Waals surface area contributed by atoms with Crippen molar-refractivity contribution in [1.82, 2.24) is 4.98 Å². The third-order valence-electron chi connectivity index (χ3n) is 5.36. The first-order chi connectivity index (χ1) is 13.1. The molecule has 2 aliphatic rings. The van der Waals surface area contributed by atoms with E-state index in [1.54, 1.807) is 22.7 Å². The van der Waals surface area contributed by atoms with E-state index in [9.17, 15) is 10.1 Å². The van der Waals surface area contributed by atoms with E-state index in [2.05, 4.69) is 22.4 Å². The molecule has 0 aromatic carbocycles. The zero-order valence-corrected chi connectivity index (χ0v) is 16.3. The number of Topliss-reactive ketones (excluding diaryl/α,β-unsaturated/α-hetero) is 1. The van der Waals surface area contributed by atoms with Crippen LogP contribution in [0.3, 0.4) is 0 Å². The highest BCUT2D eigenvalue weighted by atomic mass is 32.1. The maximum absolute atomic E-state index is 12.9. The van der Waals surface area contributed by atoms with Crippen molar-refractivity contribution < 1.29 is 4.79 Å². The maximum Gasteiger partial charge on any atom is 0.161 e. The lowest BCUT2D eigenvalue weighted by Crippen LogP contribution is -2.25. The number of aromatic nitrogens is 1. The molecule has 134 valence electrons. The predicted molar refractivity (Wildman–Crippen MR) is 109 cm³/mol. The summed E-state index contributed by atoms with van der Waals surface area (Å²) < 4.78 is 0.965. The monoisotopic (exact) mass is 392 g/mol. The number of aryl methyl sites for hydroxylation is 1. The van der Waals surface area contributed by atoms with Gasteiger partial charge in [-0.15, -0.1) is 22.7 Å². The average Bonchev–Trinajstić information content (AvgIpc) is 3.29. The van der Waals surface area contributed by atoms with Crippen molar-refractivity contribution >= 4 is 49.5 Å². The number of nitriles is 1. The topological polar surface area (TPSA) is 91.8 Å². The molecular weight excluding hydrogens is 376 g/mol. The number of fused-ring (bicyclic) bond motifs is 3. The minimum absolute atomic E-state index is 0.114. The third kappa shape index (κ3) is 2.27. The second-order valence-electron chi connectivity index (χ2n) is 6.87. The van der Waals surface area contributed by atoms with Crippen molar-refractivity contribution in [2.75, 3.05) is 11.1 Å². The molecule has 0 spiro atoms. The summed E-state index contributed by atoms with van der Waals surface area (Å²) >= 11 is 3.26. The summed E-state index contributed by atoms with van der Waals surface area (Å²) in [5.74, 6) is 0.352.